The number of hydrogen-bond acceptors (Lipinski definition) is 7. The number of benzene rings is 1. The molecule has 4 aromatic rings. The second-order valence-corrected chi connectivity index (χ2v) is 7.69. The van der Waals surface area contributed by atoms with Gasteiger partial charge in [-0.25, -0.2) is 9.31 Å². The minimum Gasteiger partial charge on any atom is -0.465 e. The lowest BCUT2D eigenvalue weighted by Crippen LogP contribution is -2.37. The molecule has 164 valence electrons. The van der Waals surface area contributed by atoms with Crippen molar-refractivity contribution >= 4 is 11.7 Å². The molecule has 32 heavy (non-hydrogen) atoms. The third kappa shape index (κ3) is 3.52. The number of hydrogen-bond donors (Lipinski definition) is 3. The van der Waals surface area contributed by atoms with Crippen molar-refractivity contribution in [2.24, 2.45) is 0 Å². The van der Waals surface area contributed by atoms with E-state index >= 15 is 0 Å². The zero-order chi connectivity index (χ0) is 22.2. The van der Waals surface area contributed by atoms with Crippen LogP contribution < -0.4 is 5.56 Å². The van der Waals surface area contributed by atoms with Crippen molar-refractivity contribution in [3.8, 4) is 11.5 Å². The Hall–Kier alpha value is -3.99. The lowest BCUT2D eigenvalue weighted by atomic mass is 9.93. The number of fused-ring (bicyclic) bond motifs is 1. The summed E-state index contributed by atoms with van der Waals surface area (Å²) in [5.74, 6) is 0.213. The fourth-order valence-electron chi connectivity index (χ4n) is 4.07. The molecule has 11 heteroatoms. The third-order valence-electron chi connectivity index (χ3n) is 5.75. The minimum atomic E-state index is -1.05. The second-order valence-electron chi connectivity index (χ2n) is 7.69. The summed E-state index contributed by atoms with van der Waals surface area (Å²) < 4.78 is 6.98. The Morgan fingerprint density at radius 2 is 1.97 bits per heavy atom. The number of carboxylic acid groups (broad SMARTS) is 1. The monoisotopic (exact) mass is 436 g/mol. The highest BCUT2D eigenvalue weighted by Gasteiger charge is 2.27. The lowest BCUT2D eigenvalue weighted by molar-refractivity contribution is 0.131. The number of carbonyl (C=O) groups is 1. The van der Waals surface area contributed by atoms with Gasteiger partial charge in [0, 0.05) is 25.1 Å². The number of nitrogens with zero attached hydrogens (tertiary/aromatic N) is 5. The smallest absolute Gasteiger partial charge is 0.407 e. The van der Waals surface area contributed by atoms with Gasteiger partial charge in [0.1, 0.15) is 17.3 Å². The van der Waals surface area contributed by atoms with E-state index in [0.29, 0.717) is 48.4 Å². The Balaban J connectivity index is 1.48. The molecule has 1 amide bonds. The van der Waals surface area contributed by atoms with Crippen LogP contribution in [0.5, 0.6) is 0 Å². The summed E-state index contributed by atoms with van der Waals surface area (Å²) in [5.41, 5.74) is 1.86. The van der Waals surface area contributed by atoms with Gasteiger partial charge in [-0.3, -0.25) is 4.79 Å². The molecule has 5 rings (SSSR count). The summed E-state index contributed by atoms with van der Waals surface area (Å²) in [6.45, 7) is 0.791. The van der Waals surface area contributed by atoms with Gasteiger partial charge in [-0.2, -0.15) is 10.1 Å². The average Bonchev–Trinajstić information content (AvgIpc) is 3.46. The van der Waals surface area contributed by atoms with E-state index in [4.69, 9.17) is 9.63 Å². The number of nitrogens with one attached hydrogen (secondary N) is 1. The van der Waals surface area contributed by atoms with Crippen LogP contribution in [0.15, 0.2) is 51.9 Å². The summed E-state index contributed by atoms with van der Waals surface area (Å²) in [5, 5.41) is 28.0. The molecule has 0 radical (unpaired) electrons. The van der Waals surface area contributed by atoms with Crippen molar-refractivity contribution in [2.45, 2.75) is 24.9 Å². The van der Waals surface area contributed by atoms with Crippen LogP contribution in [0.3, 0.4) is 0 Å². The van der Waals surface area contributed by atoms with E-state index in [0.717, 1.165) is 0 Å². The number of amides is 1. The van der Waals surface area contributed by atoms with Crippen molar-refractivity contribution in [1.82, 2.24) is 29.6 Å². The van der Waals surface area contributed by atoms with Gasteiger partial charge in [-0.1, -0.05) is 35.5 Å². The quantitative estimate of drug-likeness (QED) is 0.440. The van der Waals surface area contributed by atoms with Gasteiger partial charge in [-0.05, 0) is 18.4 Å². The van der Waals surface area contributed by atoms with Crippen molar-refractivity contribution in [1.29, 1.82) is 0 Å². The first-order valence-corrected chi connectivity index (χ1v) is 10.2. The van der Waals surface area contributed by atoms with Crippen molar-refractivity contribution in [2.75, 3.05) is 13.1 Å². The Bertz CT molecular complexity index is 1320. The first-order chi connectivity index (χ1) is 15.5. The van der Waals surface area contributed by atoms with E-state index in [1.807, 2.05) is 6.07 Å². The molecule has 1 unspecified atom stereocenters. The Morgan fingerprint density at radius 3 is 2.69 bits per heavy atom. The molecule has 1 aromatic carbocycles. The van der Waals surface area contributed by atoms with Crippen LogP contribution in [0.25, 0.3) is 17.1 Å². The van der Waals surface area contributed by atoms with E-state index in [-0.39, 0.29) is 23.2 Å². The first-order valence-electron chi connectivity index (χ1n) is 10.2. The van der Waals surface area contributed by atoms with Crippen molar-refractivity contribution < 1.29 is 19.5 Å². The molecule has 0 bridgehead atoms. The molecule has 1 saturated heterocycles. The second kappa shape index (κ2) is 7.93. The molecule has 4 heterocycles. The molecule has 3 aromatic heterocycles. The SMILES string of the molecule is O=C(O)N1CCC(c2cc(=O)[nH]c3c(-c4nc(C(O)c5ccccc5)no4)cnn23)CC1. The molecule has 1 aliphatic heterocycles. The molecule has 0 saturated carbocycles. The maximum Gasteiger partial charge on any atom is 0.407 e. The van der Waals surface area contributed by atoms with Crippen LogP contribution in [0.1, 0.15) is 41.9 Å². The minimum absolute atomic E-state index is 0.0127. The topological polar surface area (TPSA) is 150 Å². The number of piperidine rings is 1. The number of rotatable bonds is 4. The lowest BCUT2D eigenvalue weighted by Gasteiger charge is -2.30. The molecule has 3 N–H and O–H groups in total. The average molecular weight is 436 g/mol. The molecular formula is C21H20N6O5. The number of aromatic amines is 1. The molecular weight excluding hydrogens is 416 g/mol. The van der Waals surface area contributed by atoms with Crippen LogP contribution in [0.4, 0.5) is 4.79 Å². The highest BCUT2D eigenvalue weighted by atomic mass is 16.5. The Labute approximate surface area is 180 Å². The first kappa shape index (κ1) is 19.9. The van der Waals surface area contributed by atoms with Crippen LogP contribution in [-0.4, -0.2) is 59.0 Å². The number of aliphatic hydroxyl groups excluding tert-OH is 1. The van der Waals surface area contributed by atoms with E-state index in [1.165, 1.54) is 17.2 Å². The largest absolute Gasteiger partial charge is 0.465 e. The number of aliphatic hydroxyl groups is 1. The highest BCUT2D eigenvalue weighted by Crippen LogP contribution is 2.30. The van der Waals surface area contributed by atoms with Crippen molar-refractivity contribution in [3.63, 3.8) is 0 Å². The van der Waals surface area contributed by atoms with Gasteiger partial charge < -0.3 is 24.6 Å². The predicted octanol–water partition coefficient (Wildman–Crippen LogP) is 2.01. The van der Waals surface area contributed by atoms with Gasteiger partial charge in [-0.15, -0.1) is 0 Å². The summed E-state index contributed by atoms with van der Waals surface area (Å²) in [7, 11) is 0. The van der Waals surface area contributed by atoms with Crippen LogP contribution >= 0.6 is 0 Å². The Morgan fingerprint density at radius 1 is 1.22 bits per heavy atom. The zero-order valence-electron chi connectivity index (χ0n) is 16.9. The normalized spacial score (nSPS) is 15.8. The van der Waals surface area contributed by atoms with Crippen molar-refractivity contribution in [3.05, 3.63) is 70.0 Å². The fourth-order valence-corrected chi connectivity index (χ4v) is 4.07. The van der Waals surface area contributed by atoms with Gasteiger partial charge in [0.15, 0.2) is 0 Å². The standard InChI is InChI=1S/C21H20N6O5/c28-16-10-15(12-6-8-26(9-7-12)21(30)31)27-19(23-16)14(11-22-27)20-24-18(25-32-20)17(29)13-4-2-1-3-5-13/h1-5,10-12,17,29H,6-9H2,(H,23,28)(H,30,31). The highest BCUT2D eigenvalue weighted by molar-refractivity contribution is 5.71. The number of likely N-dealkylation sites (tertiary alicyclic amines) is 1. The van der Waals surface area contributed by atoms with Gasteiger partial charge >= 0.3 is 6.09 Å². The maximum absolute atomic E-state index is 12.4. The maximum atomic E-state index is 12.4. The summed E-state index contributed by atoms with van der Waals surface area (Å²) >= 11 is 0. The fraction of sp³-hybridized carbons (Fsp3) is 0.286. The molecule has 1 atom stereocenters. The van der Waals surface area contributed by atoms with Gasteiger partial charge in [0.25, 0.3) is 11.4 Å². The molecule has 1 aliphatic rings. The number of H-pyrrole nitrogens is 1. The van der Waals surface area contributed by atoms with Gasteiger partial charge in [0.05, 0.1) is 11.9 Å². The van der Waals surface area contributed by atoms with Crippen LogP contribution in [-0.2, 0) is 0 Å². The molecule has 11 nitrogen and oxygen atoms in total. The third-order valence-corrected chi connectivity index (χ3v) is 5.75. The van der Waals surface area contributed by atoms with Crippen LogP contribution in [0, 0.1) is 0 Å². The van der Waals surface area contributed by atoms with E-state index in [2.05, 4.69) is 20.2 Å². The van der Waals surface area contributed by atoms with Gasteiger partial charge in [0.2, 0.25) is 5.82 Å². The van der Waals surface area contributed by atoms with E-state index in [1.54, 1.807) is 28.8 Å². The summed E-state index contributed by atoms with van der Waals surface area (Å²) in [4.78, 5) is 32.0. The van der Waals surface area contributed by atoms with E-state index < -0.39 is 12.2 Å². The zero-order valence-corrected chi connectivity index (χ0v) is 16.9. The molecule has 0 aliphatic carbocycles. The molecule has 1 fully saturated rings. The van der Waals surface area contributed by atoms with Crippen LogP contribution in [0.2, 0.25) is 0 Å². The number of aromatic nitrogens is 5. The predicted molar refractivity (Wildman–Crippen MR) is 111 cm³/mol. The van der Waals surface area contributed by atoms with E-state index in [9.17, 15) is 14.7 Å². The summed E-state index contributed by atoms with van der Waals surface area (Å²) in [6, 6.07) is 10.5. The molecule has 0 spiro atoms. The summed E-state index contributed by atoms with van der Waals surface area (Å²) in [6.07, 6.45) is 0.713. The Kier molecular flexibility index (Phi) is 4.94.